The van der Waals surface area contributed by atoms with Gasteiger partial charge in [-0.1, -0.05) is 49.8 Å². The normalized spacial score (nSPS) is 16.6. The van der Waals surface area contributed by atoms with Crippen LogP contribution in [0, 0.1) is 18.8 Å². The number of amides is 3. The number of pyridine rings is 1. The lowest BCUT2D eigenvalue weighted by molar-refractivity contribution is -0.135. The minimum absolute atomic E-state index is 0.0387. The highest BCUT2D eigenvalue weighted by atomic mass is 28.3. The minimum Gasteiger partial charge on any atom is -0.494 e. The van der Waals surface area contributed by atoms with E-state index in [2.05, 4.69) is 41.8 Å². The van der Waals surface area contributed by atoms with E-state index in [4.69, 9.17) is 9.47 Å². The van der Waals surface area contributed by atoms with Crippen molar-refractivity contribution < 1.29 is 24.2 Å². The van der Waals surface area contributed by atoms with Gasteiger partial charge in [0.25, 0.3) is 5.91 Å². The molecule has 0 radical (unpaired) electrons. The van der Waals surface area contributed by atoms with Gasteiger partial charge >= 0.3 is 6.03 Å². The summed E-state index contributed by atoms with van der Waals surface area (Å²) in [6.07, 6.45) is 3.52. The number of aryl methyl sites for hydroxylation is 1. The fourth-order valence-corrected chi connectivity index (χ4v) is 5.93. The fourth-order valence-electron chi connectivity index (χ4n) is 5.17. The lowest BCUT2D eigenvalue weighted by atomic mass is 9.88. The van der Waals surface area contributed by atoms with Crippen molar-refractivity contribution in [3.05, 3.63) is 78.1 Å². The maximum atomic E-state index is 14.2. The average Bonchev–Trinajstić information content (AvgIpc) is 3.42. The van der Waals surface area contributed by atoms with Crippen LogP contribution in [0.3, 0.4) is 0 Å². The molecule has 4 aromatic rings. The van der Waals surface area contributed by atoms with Gasteiger partial charge in [0, 0.05) is 43.4 Å². The van der Waals surface area contributed by atoms with Crippen LogP contribution in [0.25, 0.3) is 22.0 Å². The lowest BCUT2D eigenvalue weighted by Crippen LogP contribution is -2.47. The van der Waals surface area contributed by atoms with Crippen LogP contribution in [0.5, 0.6) is 11.6 Å². The number of hydrogen-bond acceptors (Lipinski definition) is 6. The molecule has 3 heterocycles. The summed E-state index contributed by atoms with van der Waals surface area (Å²) in [5.74, 6) is 5.72. The molecule has 1 aliphatic heterocycles. The molecule has 44 heavy (non-hydrogen) atoms. The van der Waals surface area contributed by atoms with Gasteiger partial charge in [-0.15, -0.1) is 5.92 Å². The van der Waals surface area contributed by atoms with E-state index in [0.717, 1.165) is 33.2 Å². The first-order valence-corrected chi connectivity index (χ1v) is 18.3. The Morgan fingerprint density at radius 1 is 1.07 bits per heavy atom. The third-order valence-electron chi connectivity index (χ3n) is 7.71. The van der Waals surface area contributed by atoms with Gasteiger partial charge in [-0.2, -0.15) is 0 Å². The van der Waals surface area contributed by atoms with Gasteiger partial charge in [0.2, 0.25) is 0 Å². The largest absolute Gasteiger partial charge is 0.494 e. The molecule has 228 valence electrons. The Bertz CT molecular complexity index is 1750. The van der Waals surface area contributed by atoms with Crippen molar-refractivity contribution in [3.63, 3.8) is 0 Å². The number of ether oxygens (including phenoxy) is 2. The number of urea groups is 1. The first-order valence-electron chi connectivity index (χ1n) is 14.6. The molecule has 2 aromatic heterocycles. The zero-order chi connectivity index (χ0) is 31.5. The Hall–Kier alpha value is -4.59. The van der Waals surface area contributed by atoms with Crippen molar-refractivity contribution in [2.24, 2.45) is 0 Å². The van der Waals surface area contributed by atoms with Crippen LogP contribution in [-0.2, 0) is 21.6 Å². The van der Waals surface area contributed by atoms with Crippen molar-refractivity contribution in [3.8, 4) is 34.7 Å². The van der Waals surface area contributed by atoms with Gasteiger partial charge in [0.15, 0.2) is 11.4 Å². The second-order valence-electron chi connectivity index (χ2n) is 12.3. The third kappa shape index (κ3) is 6.49. The maximum absolute atomic E-state index is 14.2. The molecule has 0 saturated carbocycles. The number of imide groups is 1. The average molecular weight is 611 g/mol. The number of rotatable bonds is 11. The highest BCUT2D eigenvalue weighted by Gasteiger charge is 2.53. The number of nitrogens with zero attached hydrogens (tertiary/aromatic N) is 3. The molecule has 3 amide bonds. The summed E-state index contributed by atoms with van der Waals surface area (Å²) in [4.78, 5) is 33.1. The van der Waals surface area contributed by atoms with Gasteiger partial charge in [-0.3, -0.25) is 9.78 Å². The van der Waals surface area contributed by atoms with Crippen molar-refractivity contribution in [2.75, 3.05) is 19.9 Å². The molecule has 1 saturated heterocycles. The zero-order valence-electron chi connectivity index (χ0n) is 25.8. The van der Waals surface area contributed by atoms with Crippen molar-refractivity contribution in [1.82, 2.24) is 19.8 Å². The Morgan fingerprint density at radius 3 is 2.55 bits per heavy atom. The number of carbonyl (C=O) groups is 2. The Kier molecular flexibility index (Phi) is 8.81. The molecule has 0 spiro atoms. The minimum atomic E-state index is -1.49. The predicted molar refractivity (Wildman–Crippen MR) is 173 cm³/mol. The summed E-state index contributed by atoms with van der Waals surface area (Å²) in [5, 5.41) is 15.6. The SMILES string of the molecule is CC#CCOc1ccc2cn(CC3(c4ccc(-c5cc(C)ccn5)cc4)NC(=O)N(COCC[Si](C)(C)C)C3=O)c(O)c2c1. The maximum Gasteiger partial charge on any atom is 0.327 e. The molecule has 10 heteroatoms. The Labute approximate surface area is 258 Å². The summed E-state index contributed by atoms with van der Waals surface area (Å²) in [7, 11) is -1.35. The number of benzene rings is 2. The van der Waals surface area contributed by atoms with Crippen LogP contribution in [0.15, 0.2) is 67.0 Å². The Balaban J connectivity index is 1.49. The van der Waals surface area contributed by atoms with Crippen LogP contribution < -0.4 is 10.1 Å². The number of aromatic nitrogens is 2. The Morgan fingerprint density at radius 2 is 1.84 bits per heavy atom. The summed E-state index contributed by atoms with van der Waals surface area (Å²) in [6, 6.07) is 17.1. The van der Waals surface area contributed by atoms with E-state index in [1.807, 2.05) is 49.4 Å². The second-order valence-corrected chi connectivity index (χ2v) is 17.9. The number of hydrogen-bond donors (Lipinski definition) is 2. The van der Waals surface area contributed by atoms with E-state index >= 15 is 0 Å². The molecule has 5 rings (SSSR count). The summed E-state index contributed by atoms with van der Waals surface area (Å²) >= 11 is 0. The number of carbonyl (C=O) groups excluding carboxylic acids is 2. The molecular weight excluding hydrogens is 572 g/mol. The fraction of sp³-hybridized carbons (Fsp3) is 0.324. The van der Waals surface area contributed by atoms with E-state index in [1.165, 1.54) is 0 Å². The number of fused-ring (bicyclic) bond motifs is 1. The van der Waals surface area contributed by atoms with Crippen LogP contribution in [0.4, 0.5) is 4.79 Å². The topological polar surface area (TPSA) is 106 Å². The zero-order valence-corrected chi connectivity index (χ0v) is 26.8. The molecule has 1 unspecified atom stereocenters. The van der Waals surface area contributed by atoms with E-state index < -0.39 is 25.6 Å². The summed E-state index contributed by atoms with van der Waals surface area (Å²) in [5.41, 5.74) is 1.87. The van der Waals surface area contributed by atoms with Crippen molar-refractivity contribution in [1.29, 1.82) is 0 Å². The lowest BCUT2D eigenvalue weighted by Gasteiger charge is -2.28. The first-order chi connectivity index (χ1) is 21.0. The highest BCUT2D eigenvalue weighted by Crippen LogP contribution is 2.37. The smallest absolute Gasteiger partial charge is 0.327 e. The third-order valence-corrected chi connectivity index (χ3v) is 9.41. The van der Waals surface area contributed by atoms with Crippen LogP contribution in [-0.4, -0.2) is 59.5 Å². The van der Waals surface area contributed by atoms with Gasteiger partial charge < -0.3 is 24.5 Å². The van der Waals surface area contributed by atoms with Crippen LogP contribution in [0.1, 0.15) is 18.1 Å². The summed E-state index contributed by atoms with van der Waals surface area (Å²) < 4.78 is 13.1. The molecule has 1 aliphatic rings. The molecular formula is C34H38N4O5Si. The number of nitrogens with one attached hydrogen (secondary N) is 1. The highest BCUT2D eigenvalue weighted by molar-refractivity contribution is 6.76. The van der Waals surface area contributed by atoms with E-state index in [-0.39, 0.29) is 25.8 Å². The molecule has 0 bridgehead atoms. The predicted octanol–water partition coefficient (Wildman–Crippen LogP) is 5.88. The quantitative estimate of drug-likeness (QED) is 0.0951. The van der Waals surface area contributed by atoms with Crippen molar-refractivity contribution >= 4 is 30.8 Å². The van der Waals surface area contributed by atoms with Gasteiger partial charge in [0.1, 0.15) is 19.1 Å². The molecule has 9 nitrogen and oxygen atoms in total. The van der Waals surface area contributed by atoms with E-state index in [0.29, 0.717) is 23.3 Å². The molecule has 2 N–H and O–H groups in total. The monoisotopic (exact) mass is 610 g/mol. The van der Waals surface area contributed by atoms with Gasteiger partial charge in [-0.05, 0) is 61.4 Å². The van der Waals surface area contributed by atoms with Gasteiger partial charge in [-0.25, -0.2) is 9.69 Å². The van der Waals surface area contributed by atoms with Crippen LogP contribution in [0.2, 0.25) is 25.7 Å². The van der Waals surface area contributed by atoms with E-state index in [1.54, 1.807) is 36.0 Å². The molecule has 2 aromatic carbocycles. The van der Waals surface area contributed by atoms with Gasteiger partial charge in [0.05, 0.1) is 12.2 Å². The first kappa shape index (κ1) is 30.9. The van der Waals surface area contributed by atoms with Crippen molar-refractivity contribution in [2.45, 2.75) is 51.6 Å². The second kappa shape index (κ2) is 12.6. The molecule has 1 fully saturated rings. The molecule has 1 atom stereocenters. The van der Waals surface area contributed by atoms with Crippen LogP contribution >= 0.6 is 0 Å². The molecule has 0 aliphatic carbocycles. The van der Waals surface area contributed by atoms with E-state index in [9.17, 15) is 14.7 Å². The standard InChI is InChI=1S/C34H38N4O5Si/c1-6-7-16-43-28-13-10-26-21-37(31(39)29(26)20-28)22-34(27-11-8-25(9-12-27)30-19-24(2)14-15-35-30)32(40)38(33(41)36-34)23-42-17-18-44(3,4)5/h8-15,19-21,39H,16-18,22-23H2,1-5H3,(H,36,41). The number of aromatic hydroxyl groups is 1. The summed E-state index contributed by atoms with van der Waals surface area (Å²) in [6.45, 7) is 11.0.